The normalized spacial score (nSPS) is 13.1. The number of carbonyl (C=O) groups is 2. The summed E-state index contributed by atoms with van der Waals surface area (Å²) in [5.74, 6) is 0. The van der Waals surface area contributed by atoms with Crippen LogP contribution in [0.15, 0.2) is 182 Å². The van der Waals surface area contributed by atoms with Crippen LogP contribution in [0.1, 0.15) is 13.8 Å². The van der Waals surface area contributed by atoms with Crippen molar-refractivity contribution in [3.05, 3.63) is 182 Å². The molecule has 0 spiro atoms. The van der Waals surface area contributed by atoms with Gasteiger partial charge in [-0.25, -0.2) is 0 Å². The average Bonchev–Trinajstić information content (AvgIpc) is 3.18. The van der Waals surface area contributed by atoms with Gasteiger partial charge in [-0.3, -0.25) is 0 Å². The SMILES string of the molecule is CCP(OC(=O)OC(=O)OP(CC)(c1ccccc1)(c1ccccc1)c1ccccc1)(c1ccccc1)(c1ccccc1)c1ccccc1. The van der Waals surface area contributed by atoms with E-state index < -0.39 is 26.0 Å². The first-order chi connectivity index (χ1) is 23.9. The van der Waals surface area contributed by atoms with Crippen LogP contribution in [0.25, 0.3) is 0 Å². The summed E-state index contributed by atoms with van der Waals surface area (Å²) in [6.45, 7) is -4.08. The molecule has 248 valence electrons. The van der Waals surface area contributed by atoms with Gasteiger partial charge in [-0.15, -0.1) is 0 Å². The molecule has 49 heavy (non-hydrogen) atoms. The van der Waals surface area contributed by atoms with Crippen molar-refractivity contribution in [2.45, 2.75) is 13.8 Å². The Morgan fingerprint density at radius 3 is 0.714 bits per heavy atom. The summed E-state index contributed by atoms with van der Waals surface area (Å²) in [4.78, 5) is 28.7. The van der Waals surface area contributed by atoms with Crippen LogP contribution in [-0.2, 0) is 13.8 Å². The Hall–Kier alpha value is -5.08. The number of carbonyl (C=O) groups excluding carboxylic acids is 2. The van der Waals surface area contributed by atoms with Crippen LogP contribution in [0.3, 0.4) is 0 Å². The number of ether oxygens (including phenoxy) is 1. The summed E-state index contributed by atoms with van der Waals surface area (Å²) >= 11 is 0. The van der Waals surface area contributed by atoms with E-state index in [2.05, 4.69) is 0 Å². The Balaban J connectivity index is 1.50. The van der Waals surface area contributed by atoms with Crippen LogP contribution in [0, 0.1) is 0 Å². The van der Waals surface area contributed by atoms with E-state index in [9.17, 15) is 9.59 Å². The first kappa shape index (κ1) is 33.8. The van der Waals surface area contributed by atoms with E-state index in [4.69, 9.17) is 13.8 Å². The summed E-state index contributed by atoms with van der Waals surface area (Å²) in [5, 5.41) is 5.03. The second-order valence-electron chi connectivity index (χ2n) is 11.9. The molecular formula is C42H40O5P2. The number of hydrogen-bond donors (Lipinski definition) is 0. The summed E-state index contributed by atoms with van der Waals surface area (Å²) in [7, 11) is 0. The van der Waals surface area contributed by atoms with E-state index in [0.717, 1.165) is 31.8 Å². The summed E-state index contributed by atoms with van der Waals surface area (Å²) < 4.78 is 19.3. The molecule has 0 fully saturated rings. The van der Waals surface area contributed by atoms with Gasteiger partial charge in [0.25, 0.3) is 0 Å². The molecule has 0 aromatic heterocycles. The fourth-order valence-corrected chi connectivity index (χ4v) is 17.7. The molecule has 6 aromatic rings. The fraction of sp³-hybridized carbons (Fsp3) is 0.0952. The number of benzene rings is 6. The van der Waals surface area contributed by atoms with E-state index in [1.54, 1.807) is 0 Å². The van der Waals surface area contributed by atoms with Gasteiger partial charge in [0.15, 0.2) is 0 Å². The molecule has 0 aliphatic carbocycles. The van der Waals surface area contributed by atoms with Crippen molar-refractivity contribution < 1.29 is 23.4 Å². The zero-order chi connectivity index (χ0) is 34.3. The summed E-state index contributed by atoms with van der Waals surface area (Å²) in [5.41, 5.74) is 0. The quantitative estimate of drug-likeness (QED) is 0.0826. The van der Waals surface area contributed by atoms with Gasteiger partial charge in [0.2, 0.25) is 0 Å². The van der Waals surface area contributed by atoms with Crippen LogP contribution in [0.5, 0.6) is 0 Å². The van der Waals surface area contributed by atoms with Crippen molar-refractivity contribution in [3.63, 3.8) is 0 Å². The van der Waals surface area contributed by atoms with Crippen LogP contribution in [0.4, 0.5) is 9.59 Å². The number of hydrogen-bond acceptors (Lipinski definition) is 5. The fourth-order valence-electron chi connectivity index (χ4n) is 7.33. The molecule has 0 atom stereocenters. The standard InChI is InChI=1S/C42H40O5P2/c1-3-48(35-23-11-5-12-24-35,36-25-13-6-14-26-36,37-27-15-7-16-28-37)46-41(43)45-42(44)47-49(4-2,38-29-17-8-18-30-38,39-31-19-9-20-32-39)40-33-21-10-22-34-40/h5-34H,3-4H2,1-2H3. The molecule has 0 saturated heterocycles. The Morgan fingerprint density at radius 1 is 0.367 bits per heavy atom. The maximum absolute atomic E-state index is 14.3. The van der Waals surface area contributed by atoms with E-state index in [0.29, 0.717) is 12.3 Å². The second-order valence-corrected chi connectivity index (χ2v) is 21.4. The molecule has 0 N–H and O–H groups in total. The first-order valence-electron chi connectivity index (χ1n) is 16.4. The van der Waals surface area contributed by atoms with Gasteiger partial charge in [-0.2, -0.15) is 0 Å². The molecule has 5 nitrogen and oxygen atoms in total. The third-order valence-electron chi connectivity index (χ3n) is 9.74. The van der Waals surface area contributed by atoms with Crippen LogP contribution in [0.2, 0.25) is 0 Å². The van der Waals surface area contributed by atoms with Crippen molar-refractivity contribution in [1.82, 2.24) is 0 Å². The van der Waals surface area contributed by atoms with Gasteiger partial charge in [0, 0.05) is 0 Å². The van der Waals surface area contributed by atoms with E-state index in [-0.39, 0.29) is 0 Å². The van der Waals surface area contributed by atoms with Crippen molar-refractivity contribution in [2.75, 3.05) is 12.3 Å². The third kappa shape index (κ3) is 5.44. The Bertz CT molecular complexity index is 1660. The maximum atomic E-state index is 14.3. The van der Waals surface area contributed by atoms with Crippen LogP contribution >= 0.6 is 13.7 Å². The number of rotatable bonds is 10. The molecule has 0 amide bonds. The minimum atomic E-state index is -4.05. The van der Waals surface area contributed by atoms with E-state index in [1.807, 2.05) is 196 Å². The van der Waals surface area contributed by atoms with E-state index in [1.165, 1.54) is 0 Å². The summed E-state index contributed by atoms with van der Waals surface area (Å²) in [6, 6.07) is 58.6. The molecule has 0 radical (unpaired) electrons. The third-order valence-corrected chi connectivity index (χ3v) is 21.6. The van der Waals surface area contributed by atoms with E-state index >= 15 is 0 Å². The topological polar surface area (TPSA) is 61.8 Å². The van der Waals surface area contributed by atoms with Crippen LogP contribution < -0.4 is 31.8 Å². The molecule has 0 heterocycles. The molecule has 0 aliphatic heterocycles. The molecule has 6 aromatic carbocycles. The van der Waals surface area contributed by atoms with Gasteiger partial charge < -0.3 is 0 Å². The molecule has 0 aliphatic rings. The van der Waals surface area contributed by atoms with Crippen molar-refractivity contribution in [1.29, 1.82) is 0 Å². The molecular weight excluding hydrogens is 646 g/mol. The zero-order valence-electron chi connectivity index (χ0n) is 27.7. The molecule has 7 heteroatoms. The minimum absolute atomic E-state index is 0.431. The predicted octanol–water partition coefficient (Wildman–Crippen LogP) is 8.21. The Morgan fingerprint density at radius 2 is 0.551 bits per heavy atom. The molecule has 6 rings (SSSR count). The van der Waals surface area contributed by atoms with Gasteiger partial charge in [0.05, 0.1) is 0 Å². The monoisotopic (exact) mass is 686 g/mol. The molecule has 0 saturated carbocycles. The predicted molar refractivity (Wildman–Crippen MR) is 205 cm³/mol. The Kier molecular flexibility index (Phi) is 9.52. The molecule has 0 unspecified atom stereocenters. The van der Waals surface area contributed by atoms with Crippen molar-refractivity contribution in [2.24, 2.45) is 0 Å². The second kappa shape index (κ2) is 13.8. The van der Waals surface area contributed by atoms with Gasteiger partial charge >= 0.3 is 289 Å². The Labute approximate surface area is 288 Å². The van der Waals surface area contributed by atoms with Crippen molar-refractivity contribution >= 4 is 57.8 Å². The first-order valence-corrected chi connectivity index (χ1v) is 21.1. The summed E-state index contributed by atoms with van der Waals surface area (Å²) in [6.07, 6.45) is -1.38. The van der Waals surface area contributed by atoms with Gasteiger partial charge in [-0.05, 0) is 0 Å². The zero-order valence-corrected chi connectivity index (χ0v) is 29.5. The van der Waals surface area contributed by atoms with Gasteiger partial charge in [-0.1, -0.05) is 0 Å². The average molecular weight is 687 g/mol. The van der Waals surface area contributed by atoms with Crippen LogP contribution in [-0.4, -0.2) is 24.6 Å². The van der Waals surface area contributed by atoms with Gasteiger partial charge in [0.1, 0.15) is 0 Å². The molecule has 0 bridgehead atoms. The van der Waals surface area contributed by atoms with Crippen molar-refractivity contribution in [3.8, 4) is 0 Å².